The SMILES string of the molecule is CC.Nc1cc(-c2ccccc2)on1. The molecule has 0 aliphatic rings. The van der Waals surface area contributed by atoms with Crippen LogP contribution in [0.3, 0.4) is 0 Å². The molecule has 0 aliphatic carbocycles. The van der Waals surface area contributed by atoms with E-state index in [0.29, 0.717) is 11.6 Å². The second-order valence-corrected chi connectivity index (χ2v) is 2.48. The Hall–Kier alpha value is -1.77. The summed E-state index contributed by atoms with van der Waals surface area (Å²) in [6.07, 6.45) is 0. The fourth-order valence-electron chi connectivity index (χ4n) is 1.03. The average molecular weight is 190 g/mol. The van der Waals surface area contributed by atoms with Crippen LogP contribution in [0, 0.1) is 0 Å². The molecule has 14 heavy (non-hydrogen) atoms. The maximum Gasteiger partial charge on any atom is 0.169 e. The van der Waals surface area contributed by atoms with E-state index in [1.54, 1.807) is 6.07 Å². The number of anilines is 1. The number of rotatable bonds is 1. The van der Waals surface area contributed by atoms with Crippen LogP contribution >= 0.6 is 0 Å². The minimum Gasteiger partial charge on any atom is -0.381 e. The molecule has 2 rings (SSSR count). The van der Waals surface area contributed by atoms with Crippen LogP contribution in [0.5, 0.6) is 0 Å². The van der Waals surface area contributed by atoms with E-state index in [2.05, 4.69) is 5.16 Å². The van der Waals surface area contributed by atoms with E-state index in [1.165, 1.54) is 0 Å². The largest absolute Gasteiger partial charge is 0.381 e. The molecule has 0 unspecified atom stereocenters. The van der Waals surface area contributed by atoms with Crippen molar-refractivity contribution in [2.75, 3.05) is 5.73 Å². The van der Waals surface area contributed by atoms with Gasteiger partial charge in [-0.2, -0.15) is 0 Å². The van der Waals surface area contributed by atoms with Crippen LogP contribution in [-0.4, -0.2) is 5.16 Å². The molecule has 0 atom stereocenters. The zero-order valence-electron chi connectivity index (χ0n) is 8.40. The third kappa shape index (κ3) is 2.36. The minimum atomic E-state index is 0.411. The van der Waals surface area contributed by atoms with Crippen LogP contribution in [0.1, 0.15) is 13.8 Å². The van der Waals surface area contributed by atoms with Crippen molar-refractivity contribution in [2.24, 2.45) is 0 Å². The lowest BCUT2D eigenvalue weighted by Crippen LogP contribution is -1.79. The second-order valence-electron chi connectivity index (χ2n) is 2.48. The van der Waals surface area contributed by atoms with Crippen molar-refractivity contribution in [3.63, 3.8) is 0 Å². The van der Waals surface area contributed by atoms with Crippen molar-refractivity contribution >= 4 is 5.82 Å². The van der Waals surface area contributed by atoms with Gasteiger partial charge >= 0.3 is 0 Å². The van der Waals surface area contributed by atoms with E-state index < -0.39 is 0 Å². The van der Waals surface area contributed by atoms with Gasteiger partial charge in [0.2, 0.25) is 0 Å². The summed E-state index contributed by atoms with van der Waals surface area (Å²) in [6, 6.07) is 11.4. The molecule has 1 aromatic carbocycles. The molecule has 1 aromatic heterocycles. The lowest BCUT2D eigenvalue weighted by Gasteiger charge is -1.90. The highest BCUT2D eigenvalue weighted by molar-refractivity contribution is 5.59. The average Bonchev–Trinajstić information content (AvgIpc) is 2.69. The first kappa shape index (κ1) is 10.3. The first-order valence-corrected chi connectivity index (χ1v) is 4.64. The predicted molar refractivity (Wildman–Crippen MR) is 57.7 cm³/mol. The molecule has 2 aromatic rings. The van der Waals surface area contributed by atoms with Gasteiger partial charge in [0, 0.05) is 11.6 Å². The maximum absolute atomic E-state index is 5.41. The van der Waals surface area contributed by atoms with Crippen LogP contribution in [-0.2, 0) is 0 Å². The summed E-state index contributed by atoms with van der Waals surface area (Å²) in [5, 5.41) is 3.60. The minimum absolute atomic E-state index is 0.411. The molecule has 0 radical (unpaired) electrons. The molecule has 2 N–H and O–H groups in total. The van der Waals surface area contributed by atoms with Crippen LogP contribution in [0.4, 0.5) is 5.82 Å². The predicted octanol–water partition coefficient (Wildman–Crippen LogP) is 2.95. The van der Waals surface area contributed by atoms with E-state index in [0.717, 1.165) is 5.56 Å². The third-order valence-electron chi connectivity index (χ3n) is 1.59. The highest BCUT2D eigenvalue weighted by Gasteiger charge is 2.01. The Labute approximate surface area is 83.5 Å². The smallest absolute Gasteiger partial charge is 0.169 e. The molecule has 0 saturated carbocycles. The number of nitrogens with zero attached hydrogens (tertiary/aromatic N) is 1. The molecule has 3 nitrogen and oxygen atoms in total. The molecule has 0 amide bonds. The van der Waals surface area contributed by atoms with Crippen LogP contribution < -0.4 is 5.73 Å². The van der Waals surface area contributed by atoms with Gasteiger partial charge in [-0.15, -0.1) is 0 Å². The van der Waals surface area contributed by atoms with Gasteiger partial charge in [-0.1, -0.05) is 49.3 Å². The summed E-state index contributed by atoms with van der Waals surface area (Å²) in [5.41, 5.74) is 6.40. The third-order valence-corrected chi connectivity index (χ3v) is 1.59. The summed E-state index contributed by atoms with van der Waals surface area (Å²) < 4.78 is 4.98. The second kappa shape index (κ2) is 5.07. The van der Waals surface area contributed by atoms with Crippen LogP contribution in [0.2, 0.25) is 0 Å². The topological polar surface area (TPSA) is 52.0 Å². The molecule has 0 bridgehead atoms. The summed E-state index contributed by atoms with van der Waals surface area (Å²) in [4.78, 5) is 0. The van der Waals surface area contributed by atoms with E-state index in [4.69, 9.17) is 10.3 Å². The lowest BCUT2D eigenvalue weighted by atomic mass is 10.2. The summed E-state index contributed by atoms with van der Waals surface area (Å²) in [6.45, 7) is 4.00. The van der Waals surface area contributed by atoms with Crippen molar-refractivity contribution < 1.29 is 4.52 Å². The van der Waals surface area contributed by atoms with E-state index in [9.17, 15) is 0 Å². The van der Waals surface area contributed by atoms with Crippen LogP contribution in [0.15, 0.2) is 40.9 Å². The van der Waals surface area contributed by atoms with Crippen molar-refractivity contribution in [2.45, 2.75) is 13.8 Å². The lowest BCUT2D eigenvalue weighted by molar-refractivity contribution is 0.436. The molecule has 3 heteroatoms. The highest BCUT2D eigenvalue weighted by Crippen LogP contribution is 2.19. The van der Waals surface area contributed by atoms with Crippen molar-refractivity contribution in [1.29, 1.82) is 0 Å². The molecule has 1 heterocycles. The van der Waals surface area contributed by atoms with Gasteiger partial charge in [-0.05, 0) is 0 Å². The molecular formula is C11H14N2O. The van der Waals surface area contributed by atoms with Gasteiger partial charge in [0.15, 0.2) is 11.6 Å². The number of hydrogen-bond donors (Lipinski definition) is 1. The van der Waals surface area contributed by atoms with Gasteiger partial charge < -0.3 is 10.3 Å². The molecule has 0 saturated heterocycles. The summed E-state index contributed by atoms with van der Waals surface area (Å²) in [5.74, 6) is 1.11. The van der Waals surface area contributed by atoms with Crippen molar-refractivity contribution in [3.05, 3.63) is 36.4 Å². The van der Waals surface area contributed by atoms with Gasteiger partial charge in [0.05, 0.1) is 0 Å². The fraction of sp³-hybridized carbons (Fsp3) is 0.182. The standard InChI is InChI=1S/C9H8N2O.C2H6/c10-9-6-8(12-11-9)7-4-2-1-3-5-7;1-2/h1-6H,(H2,10,11);1-2H3. The van der Waals surface area contributed by atoms with E-state index in [-0.39, 0.29) is 0 Å². The summed E-state index contributed by atoms with van der Waals surface area (Å²) in [7, 11) is 0. The maximum atomic E-state index is 5.41. The Morgan fingerprint density at radius 1 is 1.14 bits per heavy atom. The molecule has 0 aliphatic heterocycles. The monoisotopic (exact) mass is 190 g/mol. The number of benzene rings is 1. The van der Waals surface area contributed by atoms with Gasteiger partial charge in [0.25, 0.3) is 0 Å². The van der Waals surface area contributed by atoms with Gasteiger partial charge in [0.1, 0.15) is 0 Å². The molecular weight excluding hydrogens is 176 g/mol. The van der Waals surface area contributed by atoms with Gasteiger partial charge in [-0.3, -0.25) is 0 Å². The number of hydrogen-bond acceptors (Lipinski definition) is 3. The highest BCUT2D eigenvalue weighted by atomic mass is 16.5. The zero-order valence-corrected chi connectivity index (χ0v) is 8.40. The van der Waals surface area contributed by atoms with Crippen molar-refractivity contribution in [3.8, 4) is 11.3 Å². The van der Waals surface area contributed by atoms with E-state index in [1.807, 2.05) is 44.2 Å². The van der Waals surface area contributed by atoms with Gasteiger partial charge in [-0.25, -0.2) is 0 Å². The normalized spacial score (nSPS) is 9.00. The summed E-state index contributed by atoms with van der Waals surface area (Å²) >= 11 is 0. The fourth-order valence-corrected chi connectivity index (χ4v) is 1.03. The van der Waals surface area contributed by atoms with Crippen molar-refractivity contribution in [1.82, 2.24) is 5.16 Å². The van der Waals surface area contributed by atoms with E-state index >= 15 is 0 Å². The zero-order chi connectivity index (χ0) is 10.4. The first-order valence-electron chi connectivity index (χ1n) is 4.64. The quantitative estimate of drug-likeness (QED) is 0.752. The Morgan fingerprint density at radius 3 is 2.29 bits per heavy atom. The number of nitrogen functional groups attached to an aromatic ring is 1. The molecule has 0 spiro atoms. The molecule has 0 fully saturated rings. The number of nitrogens with two attached hydrogens (primary N) is 1. The Morgan fingerprint density at radius 2 is 1.79 bits per heavy atom. The Bertz CT molecular complexity index is 368. The van der Waals surface area contributed by atoms with Crippen LogP contribution in [0.25, 0.3) is 11.3 Å². The number of aromatic nitrogens is 1. The Balaban J connectivity index is 0.000000461. The molecule has 74 valence electrons. The first-order chi connectivity index (χ1) is 6.86. The Kier molecular flexibility index (Phi) is 3.73.